The number of hydrogen-bond acceptors (Lipinski definition) is 4. The summed E-state index contributed by atoms with van der Waals surface area (Å²) in [5, 5.41) is 4.36. The van der Waals surface area contributed by atoms with Gasteiger partial charge in [-0.1, -0.05) is 29.5 Å². The molecule has 0 saturated carbocycles. The van der Waals surface area contributed by atoms with Gasteiger partial charge in [0.1, 0.15) is 22.7 Å². The van der Waals surface area contributed by atoms with Crippen LogP contribution in [-0.2, 0) is 4.79 Å². The zero-order valence-corrected chi connectivity index (χ0v) is 16.6. The molecule has 2 heterocycles. The van der Waals surface area contributed by atoms with Gasteiger partial charge in [0.15, 0.2) is 0 Å². The van der Waals surface area contributed by atoms with Crippen LogP contribution in [0.4, 0.5) is 10.1 Å². The minimum atomic E-state index is -0.315. The first-order valence-corrected chi connectivity index (χ1v) is 9.83. The van der Waals surface area contributed by atoms with Gasteiger partial charge in [0, 0.05) is 16.6 Å². The van der Waals surface area contributed by atoms with E-state index in [-0.39, 0.29) is 17.5 Å². The number of fused-ring (bicyclic) bond motifs is 3. The second kappa shape index (κ2) is 7.24. The molecule has 2 N–H and O–H groups in total. The molecular weight excluding hydrogens is 375 g/mol. The van der Waals surface area contributed by atoms with Gasteiger partial charge in [-0.15, -0.1) is 0 Å². The van der Waals surface area contributed by atoms with Gasteiger partial charge in [0.25, 0.3) is 0 Å². The number of halogens is 1. The van der Waals surface area contributed by atoms with Crippen LogP contribution >= 0.6 is 11.8 Å². The Labute approximate surface area is 165 Å². The first kappa shape index (κ1) is 18.4. The summed E-state index contributed by atoms with van der Waals surface area (Å²) in [6, 6.07) is 8.63. The largest absolute Gasteiger partial charge is 0.351 e. The lowest BCUT2D eigenvalue weighted by atomic mass is 10.1. The number of rotatable bonds is 4. The van der Waals surface area contributed by atoms with E-state index in [0.717, 1.165) is 22.3 Å². The topological polar surface area (TPSA) is 70.7 Å². The van der Waals surface area contributed by atoms with Crippen molar-refractivity contribution in [2.75, 3.05) is 11.1 Å². The van der Waals surface area contributed by atoms with Gasteiger partial charge in [-0.25, -0.2) is 14.4 Å². The SMILES string of the molecule is Cc1cc(C)c(NC(=O)CSc2ncnc3c2[nH]c2ccc(F)cc23)c(C)c1. The molecule has 0 atom stereocenters. The van der Waals surface area contributed by atoms with Crippen molar-refractivity contribution in [3.63, 3.8) is 0 Å². The number of aryl methyl sites for hydroxylation is 3. The van der Waals surface area contributed by atoms with Gasteiger partial charge in [-0.05, 0) is 50.1 Å². The number of hydrogen-bond donors (Lipinski definition) is 2. The molecule has 0 aliphatic carbocycles. The smallest absolute Gasteiger partial charge is 0.234 e. The fourth-order valence-corrected chi connectivity index (χ4v) is 4.19. The second-order valence-corrected chi connectivity index (χ2v) is 7.79. The predicted molar refractivity (Wildman–Crippen MR) is 111 cm³/mol. The first-order valence-electron chi connectivity index (χ1n) is 8.85. The highest BCUT2D eigenvalue weighted by Gasteiger charge is 2.14. The summed E-state index contributed by atoms with van der Waals surface area (Å²) in [6.45, 7) is 6.01. The van der Waals surface area contributed by atoms with Crippen molar-refractivity contribution < 1.29 is 9.18 Å². The van der Waals surface area contributed by atoms with Crippen LogP contribution in [0.3, 0.4) is 0 Å². The third kappa shape index (κ3) is 3.45. The van der Waals surface area contributed by atoms with E-state index in [9.17, 15) is 9.18 Å². The van der Waals surface area contributed by atoms with Crippen LogP contribution in [0.2, 0.25) is 0 Å². The molecule has 2 aromatic heterocycles. The number of aromatic amines is 1. The average molecular weight is 394 g/mol. The Morgan fingerprint density at radius 3 is 2.64 bits per heavy atom. The van der Waals surface area contributed by atoms with Crippen molar-refractivity contribution in [2.45, 2.75) is 25.8 Å². The highest BCUT2D eigenvalue weighted by Crippen LogP contribution is 2.30. The summed E-state index contributed by atoms with van der Waals surface area (Å²) >= 11 is 1.32. The number of nitrogens with zero attached hydrogens (tertiary/aromatic N) is 2. The maximum atomic E-state index is 13.6. The lowest BCUT2D eigenvalue weighted by Gasteiger charge is -2.12. The van der Waals surface area contributed by atoms with Crippen LogP contribution < -0.4 is 5.32 Å². The molecule has 0 aliphatic heterocycles. The van der Waals surface area contributed by atoms with Crippen molar-refractivity contribution in [2.24, 2.45) is 0 Å². The standard InChI is InChI=1S/C21H19FN4OS/c1-11-6-12(2)18(13(3)7-11)26-17(27)9-28-21-20-19(23-10-24-21)15-8-14(22)4-5-16(15)25-20/h4-8,10,25H,9H2,1-3H3,(H,26,27). The molecule has 0 saturated heterocycles. The lowest BCUT2D eigenvalue weighted by molar-refractivity contribution is -0.113. The van der Waals surface area contributed by atoms with Crippen LogP contribution in [0.25, 0.3) is 21.9 Å². The van der Waals surface area contributed by atoms with Gasteiger partial charge in [-0.3, -0.25) is 4.79 Å². The van der Waals surface area contributed by atoms with Crippen LogP contribution in [0, 0.1) is 26.6 Å². The van der Waals surface area contributed by atoms with Crippen molar-refractivity contribution in [1.29, 1.82) is 0 Å². The van der Waals surface area contributed by atoms with Crippen molar-refractivity contribution in [1.82, 2.24) is 15.0 Å². The molecule has 2 aromatic carbocycles. The van der Waals surface area contributed by atoms with E-state index >= 15 is 0 Å². The number of aromatic nitrogens is 3. The molecule has 4 rings (SSSR count). The molecule has 0 bridgehead atoms. The molecule has 0 fully saturated rings. The summed E-state index contributed by atoms with van der Waals surface area (Å²) in [6.07, 6.45) is 1.44. The van der Waals surface area contributed by atoms with Crippen molar-refractivity contribution >= 4 is 45.3 Å². The van der Waals surface area contributed by atoms with E-state index in [1.807, 2.05) is 32.9 Å². The predicted octanol–water partition coefficient (Wildman–Crippen LogP) is 4.91. The third-order valence-electron chi connectivity index (χ3n) is 4.59. The number of H-pyrrole nitrogens is 1. The Morgan fingerprint density at radius 1 is 1.14 bits per heavy atom. The fraction of sp³-hybridized carbons (Fsp3) is 0.190. The van der Waals surface area contributed by atoms with E-state index in [0.29, 0.717) is 21.4 Å². The number of anilines is 1. The molecule has 5 nitrogen and oxygen atoms in total. The summed E-state index contributed by atoms with van der Waals surface area (Å²) in [5.41, 5.74) is 6.25. The summed E-state index contributed by atoms with van der Waals surface area (Å²) in [7, 11) is 0. The Morgan fingerprint density at radius 2 is 1.89 bits per heavy atom. The van der Waals surface area contributed by atoms with Gasteiger partial charge < -0.3 is 10.3 Å². The molecular formula is C21H19FN4OS. The zero-order chi connectivity index (χ0) is 19.8. The van der Waals surface area contributed by atoms with Gasteiger partial charge >= 0.3 is 0 Å². The van der Waals surface area contributed by atoms with Crippen LogP contribution in [0.5, 0.6) is 0 Å². The molecule has 0 aliphatic rings. The fourth-order valence-electron chi connectivity index (χ4n) is 3.44. The normalized spacial score (nSPS) is 11.3. The molecule has 7 heteroatoms. The number of nitrogens with one attached hydrogen (secondary N) is 2. The van der Waals surface area contributed by atoms with Gasteiger partial charge in [0.05, 0.1) is 11.3 Å². The molecule has 0 radical (unpaired) electrons. The lowest BCUT2D eigenvalue weighted by Crippen LogP contribution is -2.16. The summed E-state index contributed by atoms with van der Waals surface area (Å²) in [5.74, 6) is -0.207. The molecule has 1 amide bonds. The van der Waals surface area contributed by atoms with E-state index in [4.69, 9.17) is 0 Å². The first-order chi connectivity index (χ1) is 13.4. The van der Waals surface area contributed by atoms with E-state index in [2.05, 4.69) is 20.3 Å². The maximum absolute atomic E-state index is 13.6. The Kier molecular flexibility index (Phi) is 4.77. The van der Waals surface area contributed by atoms with E-state index < -0.39 is 0 Å². The minimum absolute atomic E-state index is 0.103. The van der Waals surface area contributed by atoms with Crippen LogP contribution in [0.1, 0.15) is 16.7 Å². The number of carbonyl (C=O) groups excluding carboxylic acids is 1. The van der Waals surface area contributed by atoms with Gasteiger partial charge in [0.2, 0.25) is 5.91 Å². The number of benzene rings is 2. The second-order valence-electron chi connectivity index (χ2n) is 6.83. The molecule has 142 valence electrons. The quantitative estimate of drug-likeness (QED) is 0.381. The highest BCUT2D eigenvalue weighted by molar-refractivity contribution is 8.00. The summed E-state index contributed by atoms with van der Waals surface area (Å²) in [4.78, 5) is 24.3. The van der Waals surface area contributed by atoms with E-state index in [1.165, 1.54) is 35.8 Å². The monoisotopic (exact) mass is 394 g/mol. The van der Waals surface area contributed by atoms with Crippen LogP contribution in [0.15, 0.2) is 41.7 Å². The Bertz CT molecular complexity index is 1190. The number of carbonyl (C=O) groups is 1. The molecule has 28 heavy (non-hydrogen) atoms. The summed E-state index contributed by atoms with van der Waals surface area (Å²) < 4.78 is 13.6. The molecule has 4 aromatic rings. The average Bonchev–Trinajstić information content (AvgIpc) is 3.01. The third-order valence-corrected chi connectivity index (χ3v) is 5.58. The Hall–Kier alpha value is -2.93. The van der Waals surface area contributed by atoms with Crippen LogP contribution in [-0.4, -0.2) is 26.6 Å². The maximum Gasteiger partial charge on any atom is 0.234 e. The number of amides is 1. The van der Waals surface area contributed by atoms with Gasteiger partial charge in [-0.2, -0.15) is 0 Å². The minimum Gasteiger partial charge on any atom is -0.351 e. The molecule has 0 unspecified atom stereocenters. The van der Waals surface area contributed by atoms with Crippen molar-refractivity contribution in [3.05, 3.63) is 59.2 Å². The highest BCUT2D eigenvalue weighted by atomic mass is 32.2. The Balaban J connectivity index is 1.56. The number of thioether (sulfide) groups is 1. The molecule has 0 spiro atoms. The zero-order valence-electron chi connectivity index (χ0n) is 15.8. The van der Waals surface area contributed by atoms with E-state index in [1.54, 1.807) is 6.07 Å². The van der Waals surface area contributed by atoms with Crippen molar-refractivity contribution in [3.8, 4) is 0 Å².